The molecule has 5 aromatic rings. The number of H-pyrrole nitrogens is 1. The van der Waals surface area contributed by atoms with Gasteiger partial charge in [-0.2, -0.15) is 0 Å². The smallest absolute Gasteiger partial charge is 0.279 e. The van der Waals surface area contributed by atoms with Gasteiger partial charge in [0.2, 0.25) is 5.91 Å². The first-order valence-electron chi connectivity index (χ1n) is 21.0. The number of benzene rings is 4. The Kier molecular flexibility index (Phi) is 12.5. The van der Waals surface area contributed by atoms with Gasteiger partial charge in [-0.05, 0) is 87.2 Å². The molecule has 2 aliphatic rings. The number of rotatable bonds is 15. The molecule has 0 saturated carbocycles. The maximum atomic E-state index is 15.5. The third kappa shape index (κ3) is 8.05. The predicted molar refractivity (Wildman–Crippen MR) is 242 cm³/mol. The van der Waals surface area contributed by atoms with Crippen molar-refractivity contribution in [2.24, 2.45) is 5.92 Å². The number of hydrogen-bond acceptors (Lipinski definition) is 6. The number of carbonyl (C=O) groups excluding carboxylic acids is 2. The van der Waals surface area contributed by atoms with Crippen LogP contribution in [0.4, 0.5) is 5.69 Å². The highest BCUT2D eigenvalue weighted by atomic mass is 28.3. The van der Waals surface area contributed by atoms with Gasteiger partial charge in [0.25, 0.3) is 11.5 Å². The lowest BCUT2D eigenvalue weighted by Gasteiger charge is -2.37. The minimum Gasteiger partial charge on any atom is -0.497 e. The average Bonchev–Trinajstić information content (AvgIpc) is 3.82. The summed E-state index contributed by atoms with van der Waals surface area (Å²) in [5.41, 5.74) is 4.31. The van der Waals surface area contributed by atoms with Gasteiger partial charge in [0.15, 0.2) is 5.60 Å². The first-order valence-corrected chi connectivity index (χ1v) is 24.1. The second-order valence-electron chi connectivity index (χ2n) is 17.2. The van der Waals surface area contributed by atoms with Crippen LogP contribution < -0.4 is 20.4 Å². The number of aromatic nitrogens is 2. The third-order valence-electron chi connectivity index (χ3n) is 12.7. The number of para-hydroxylation sites is 1. The summed E-state index contributed by atoms with van der Waals surface area (Å²) in [6.07, 6.45) is 5.54. The number of allylic oxidation sites excluding steroid dienone is 3. The van der Waals surface area contributed by atoms with Gasteiger partial charge in [0.05, 0.1) is 56.6 Å². The number of carbonyl (C=O) groups is 2. The zero-order valence-electron chi connectivity index (χ0n) is 35.9. The zero-order valence-corrected chi connectivity index (χ0v) is 36.9. The Morgan fingerprint density at radius 3 is 2.37 bits per heavy atom. The number of aromatic amines is 1. The van der Waals surface area contributed by atoms with Crippen LogP contribution in [0.3, 0.4) is 0 Å². The summed E-state index contributed by atoms with van der Waals surface area (Å²) < 4.78 is 14.4. The molecule has 11 heteroatoms. The molecule has 1 spiro atoms. The Bertz CT molecular complexity index is 2470. The van der Waals surface area contributed by atoms with E-state index in [1.165, 1.54) is 15.8 Å². The number of aliphatic hydroxyl groups is 1. The number of hydrogen-bond donors (Lipinski definition) is 2. The number of anilines is 1. The van der Waals surface area contributed by atoms with Crippen LogP contribution in [-0.4, -0.2) is 72.6 Å². The van der Waals surface area contributed by atoms with Crippen LogP contribution in [0, 0.1) is 5.92 Å². The maximum absolute atomic E-state index is 15.5. The number of fused-ring (bicyclic) bond motifs is 3. The van der Waals surface area contributed by atoms with Crippen molar-refractivity contribution in [1.29, 1.82) is 0 Å². The molecule has 4 aromatic carbocycles. The summed E-state index contributed by atoms with van der Waals surface area (Å²) in [5, 5.41) is 15.1. The van der Waals surface area contributed by atoms with E-state index in [2.05, 4.69) is 70.2 Å². The van der Waals surface area contributed by atoms with Crippen LogP contribution in [0.2, 0.25) is 18.6 Å². The van der Waals surface area contributed by atoms with Crippen molar-refractivity contribution in [3.05, 3.63) is 142 Å². The number of amides is 2. The predicted octanol–water partition coefficient (Wildman–Crippen LogP) is 7.99. The average molecular weight is 827 g/mol. The molecular weight excluding hydrogens is 769 g/mol. The van der Waals surface area contributed by atoms with E-state index in [0.29, 0.717) is 35.2 Å². The summed E-state index contributed by atoms with van der Waals surface area (Å²) in [6, 6.07) is 31.1. The monoisotopic (exact) mass is 826 g/mol. The quantitative estimate of drug-likeness (QED) is 0.0817. The molecule has 4 atom stereocenters. The summed E-state index contributed by atoms with van der Waals surface area (Å²) >= 11 is 0. The molecule has 10 nitrogen and oxygen atoms in total. The van der Waals surface area contributed by atoms with Crippen molar-refractivity contribution in [3.8, 4) is 11.4 Å². The van der Waals surface area contributed by atoms with Gasteiger partial charge < -0.3 is 24.4 Å². The molecule has 60 heavy (non-hydrogen) atoms. The Hall–Kier alpha value is -5.49. The molecular formula is C49H58N4O6Si. The standard InChI is InChI=1S/C49H58N4O6Si/c1-33(2)14-13-15-34(3)26-27-52-43-25-20-37(53-47(56)40-18-11-12-19-42(40)50-53)30-41(43)49(48(52)57)35(4)46(60(6,7)39-23-21-38(58-5)22-24-39)44(59-49)31-45(55)51(28-29-54)32-36-16-9-8-10-17-36/h8-12,14,16-26,30,35,44,46,50,54H,13,15,27-29,31-32H2,1-7H3/b34-26+/t35-,44+,46-,49+/m1/s1. The van der Waals surface area contributed by atoms with Crippen molar-refractivity contribution in [2.45, 2.75) is 83.8 Å². The molecule has 1 saturated heterocycles. The number of ether oxygens (including phenoxy) is 2. The van der Waals surface area contributed by atoms with Crippen molar-refractivity contribution in [3.63, 3.8) is 0 Å². The topological polar surface area (TPSA) is 117 Å². The van der Waals surface area contributed by atoms with E-state index < -0.39 is 19.8 Å². The lowest BCUT2D eigenvalue weighted by atomic mass is 9.82. The van der Waals surface area contributed by atoms with E-state index in [4.69, 9.17) is 9.47 Å². The van der Waals surface area contributed by atoms with E-state index in [9.17, 15) is 14.7 Å². The van der Waals surface area contributed by atoms with Crippen molar-refractivity contribution in [1.82, 2.24) is 14.7 Å². The van der Waals surface area contributed by atoms with Crippen LogP contribution in [-0.2, 0) is 26.5 Å². The number of methoxy groups -OCH3 is 1. The van der Waals surface area contributed by atoms with Crippen LogP contribution in [0.15, 0.2) is 125 Å². The van der Waals surface area contributed by atoms with Crippen LogP contribution in [0.5, 0.6) is 5.75 Å². The summed E-state index contributed by atoms with van der Waals surface area (Å²) in [4.78, 5) is 47.4. The second-order valence-corrected chi connectivity index (χ2v) is 21.9. The van der Waals surface area contributed by atoms with Gasteiger partial charge in [-0.1, -0.05) is 103 Å². The Labute approximate surface area is 354 Å². The molecule has 1 aromatic heterocycles. The maximum Gasteiger partial charge on any atom is 0.279 e. The fraction of sp³-hybridized carbons (Fsp3) is 0.367. The van der Waals surface area contributed by atoms with Gasteiger partial charge in [-0.25, -0.2) is 4.68 Å². The fourth-order valence-electron chi connectivity index (χ4n) is 9.52. The van der Waals surface area contributed by atoms with Crippen molar-refractivity contribution in [2.75, 3.05) is 31.7 Å². The van der Waals surface area contributed by atoms with Gasteiger partial charge in [0.1, 0.15) is 5.75 Å². The lowest BCUT2D eigenvalue weighted by Crippen LogP contribution is -2.52. The van der Waals surface area contributed by atoms with Gasteiger partial charge in [-0.3, -0.25) is 19.5 Å². The van der Waals surface area contributed by atoms with Crippen LogP contribution >= 0.6 is 0 Å². The molecule has 0 radical (unpaired) electrons. The zero-order chi connectivity index (χ0) is 42.8. The lowest BCUT2D eigenvalue weighted by molar-refractivity contribution is -0.149. The van der Waals surface area contributed by atoms with E-state index in [-0.39, 0.29) is 48.4 Å². The molecule has 7 rings (SSSR count). The minimum absolute atomic E-state index is 0.0311. The molecule has 0 aliphatic carbocycles. The number of nitrogens with one attached hydrogen (secondary N) is 1. The first-order chi connectivity index (χ1) is 28.8. The van der Waals surface area contributed by atoms with E-state index >= 15 is 4.79 Å². The fourth-order valence-corrected chi connectivity index (χ4v) is 13.5. The minimum atomic E-state index is -2.59. The molecule has 1 fully saturated rings. The number of nitrogens with zero attached hydrogens (tertiary/aromatic N) is 3. The third-order valence-corrected chi connectivity index (χ3v) is 17.1. The van der Waals surface area contributed by atoms with E-state index in [1.807, 2.05) is 83.8 Å². The van der Waals surface area contributed by atoms with Gasteiger partial charge in [-0.15, -0.1) is 0 Å². The Balaban J connectivity index is 1.35. The summed E-state index contributed by atoms with van der Waals surface area (Å²) in [6.45, 7) is 13.7. The van der Waals surface area contributed by atoms with Crippen molar-refractivity contribution >= 4 is 41.7 Å². The SMILES string of the molecule is COc1ccc([Si](C)(C)[C@H]2[C@H](CC(=O)N(CCO)Cc3ccccc3)O[C@@]3(C(=O)N(C/C=C(\C)CCC=C(C)C)c4ccc(-n5[nH]c6ccccc6c5=O)cc43)[C@@H]2C)cc1. The second kappa shape index (κ2) is 17.6. The first kappa shape index (κ1) is 42.6. The Morgan fingerprint density at radius 2 is 1.68 bits per heavy atom. The van der Waals surface area contributed by atoms with Crippen LogP contribution in [0.1, 0.15) is 58.1 Å². The van der Waals surface area contributed by atoms with E-state index in [0.717, 1.165) is 35.0 Å². The highest BCUT2D eigenvalue weighted by molar-refractivity contribution is 6.91. The molecule has 0 bridgehead atoms. The molecule has 2 amide bonds. The van der Waals surface area contributed by atoms with Gasteiger partial charge in [0, 0.05) is 31.1 Å². The molecule has 2 N–H and O–H groups in total. The molecule has 3 heterocycles. The summed E-state index contributed by atoms with van der Waals surface area (Å²) in [7, 11) is -0.939. The Morgan fingerprint density at radius 1 is 0.967 bits per heavy atom. The molecule has 314 valence electrons. The van der Waals surface area contributed by atoms with Crippen molar-refractivity contribution < 1.29 is 24.2 Å². The molecule has 2 aliphatic heterocycles. The molecule has 0 unspecified atom stereocenters. The van der Waals surface area contributed by atoms with E-state index in [1.54, 1.807) is 18.1 Å². The highest BCUT2D eigenvalue weighted by Crippen LogP contribution is 2.60. The number of aliphatic hydroxyl groups excluding tert-OH is 1. The largest absolute Gasteiger partial charge is 0.497 e. The summed E-state index contributed by atoms with van der Waals surface area (Å²) in [5.74, 6) is 0.0636. The van der Waals surface area contributed by atoms with Crippen LogP contribution in [0.25, 0.3) is 16.6 Å². The highest BCUT2D eigenvalue weighted by Gasteiger charge is 2.66. The van der Waals surface area contributed by atoms with Gasteiger partial charge >= 0.3 is 0 Å². The normalized spacial score (nSPS) is 20.2.